The standard InChI is InChI=1S/C37H48O6/c1-4-6-8-10-11-13-17-28-20-22-29(23-21-28)30-24-25-37(36(41)42,26-32(30)34(38)39)33-19-15-14-18-31(33)35(40)43-27(3)16-12-9-7-5-2/h14-15,18-27,30H,4-13,16-17H2,1-3H3,(H,38,39)(H,41,42). The highest BCUT2D eigenvalue weighted by Gasteiger charge is 2.43. The fraction of sp³-hybridized carbons (Fsp3) is 0.486. The van der Waals surface area contributed by atoms with Crippen LogP contribution in [0.1, 0.15) is 124 Å². The number of aliphatic carboxylic acids is 2. The predicted octanol–water partition coefficient (Wildman–Crippen LogP) is 8.79. The number of carboxylic acids is 2. The number of unbranched alkanes of at least 4 members (excludes halogenated alkanes) is 8. The first-order chi connectivity index (χ1) is 20.7. The van der Waals surface area contributed by atoms with Gasteiger partial charge >= 0.3 is 17.9 Å². The van der Waals surface area contributed by atoms with E-state index in [0.29, 0.717) is 0 Å². The molecule has 0 aliphatic heterocycles. The highest BCUT2D eigenvalue weighted by molar-refractivity contribution is 5.99. The summed E-state index contributed by atoms with van der Waals surface area (Å²) >= 11 is 0. The van der Waals surface area contributed by atoms with E-state index in [2.05, 4.69) is 13.8 Å². The number of benzene rings is 2. The number of rotatable bonds is 18. The third-order valence-corrected chi connectivity index (χ3v) is 8.39. The van der Waals surface area contributed by atoms with Crippen LogP contribution in [0.25, 0.3) is 0 Å². The molecule has 3 unspecified atom stereocenters. The summed E-state index contributed by atoms with van der Waals surface area (Å²) in [7, 11) is 0. The monoisotopic (exact) mass is 588 g/mol. The van der Waals surface area contributed by atoms with Gasteiger partial charge in [0.1, 0.15) is 5.41 Å². The highest BCUT2D eigenvalue weighted by atomic mass is 16.5. The number of allylic oxidation sites excluding steroid dienone is 1. The number of carbonyl (C=O) groups excluding carboxylic acids is 1. The maximum absolute atomic E-state index is 13.3. The van der Waals surface area contributed by atoms with Gasteiger partial charge in [-0.3, -0.25) is 4.79 Å². The third kappa shape index (κ3) is 9.16. The van der Waals surface area contributed by atoms with Crippen LogP contribution < -0.4 is 0 Å². The Morgan fingerprint density at radius 3 is 2.12 bits per heavy atom. The van der Waals surface area contributed by atoms with Gasteiger partial charge in [-0.2, -0.15) is 0 Å². The summed E-state index contributed by atoms with van der Waals surface area (Å²) in [5.74, 6) is -3.68. The van der Waals surface area contributed by atoms with Crippen molar-refractivity contribution in [1.29, 1.82) is 0 Å². The van der Waals surface area contributed by atoms with Crippen molar-refractivity contribution < 1.29 is 29.3 Å². The van der Waals surface area contributed by atoms with E-state index >= 15 is 0 Å². The molecule has 0 spiro atoms. The summed E-state index contributed by atoms with van der Waals surface area (Å²) < 4.78 is 5.71. The van der Waals surface area contributed by atoms with Gasteiger partial charge in [-0.05, 0) is 61.4 Å². The second kappa shape index (κ2) is 16.8. The van der Waals surface area contributed by atoms with Crippen molar-refractivity contribution >= 4 is 17.9 Å². The van der Waals surface area contributed by atoms with E-state index in [0.717, 1.165) is 50.5 Å². The van der Waals surface area contributed by atoms with Crippen LogP contribution in [0.15, 0.2) is 72.3 Å². The molecule has 0 radical (unpaired) electrons. The molecular formula is C37H48O6. The predicted molar refractivity (Wildman–Crippen MR) is 171 cm³/mol. The minimum atomic E-state index is -1.83. The Labute approximate surface area is 256 Å². The van der Waals surface area contributed by atoms with E-state index in [1.165, 1.54) is 49.8 Å². The molecule has 0 saturated carbocycles. The molecular weight excluding hydrogens is 540 g/mol. The van der Waals surface area contributed by atoms with E-state index in [1.807, 2.05) is 31.2 Å². The van der Waals surface area contributed by atoms with Gasteiger partial charge in [-0.25, -0.2) is 9.59 Å². The number of hydrogen-bond donors (Lipinski definition) is 2. The number of carbonyl (C=O) groups is 3. The lowest BCUT2D eigenvalue weighted by Gasteiger charge is -2.31. The third-order valence-electron chi connectivity index (χ3n) is 8.39. The van der Waals surface area contributed by atoms with Gasteiger partial charge in [0.2, 0.25) is 0 Å². The summed E-state index contributed by atoms with van der Waals surface area (Å²) in [6, 6.07) is 14.3. The zero-order valence-electron chi connectivity index (χ0n) is 26.0. The topological polar surface area (TPSA) is 101 Å². The van der Waals surface area contributed by atoms with Crippen LogP contribution in [-0.2, 0) is 26.2 Å². The maximum Gasteiger partial charge on any atom is 0.338 e. The van der Waals surface area contributed by atoms with Crippen LogP contribution in [0.3, 0.4) is 0 Å². The maximum atomic E-state index is 13.3. The van der Waals surface area contributed by atoms with Crippen LogP contribution in [0.4, 0.5) is 0 Å². The normalized spacial score (nSPS) is 18.6. The molecule has 0 amide bonds. The van der Waals surface area contributed by atoms with Crippen molar-refractivity contribution in [1.82, 2.24) is 0 Å². The zero-order chi connectivity index (χ0) is 31.2. The first kappa shape index (κ1) is 33.8. The Bertz CT molecular complexity index is 1270. The summed E-state index contributed by atoms with van der Waals surface area (Å²) in [5, 5.41) is 20.7. The van der Waals surface area contributed by atoms with Crippen molar-refractivity contribution in [2.24, 2.45) is 0 Å². The van der Waals surface area contributed by atoms with Gasteiger partial charge in [0.15, 0.2) is 0 Å². The average Bonchev–Trinajstić information content (AvgIpc) is 3.01. The van der Waals surface area contributed by atoms with Gasteiger partial charge in [0.05, 0.1) is 11.7 Å². The molecule has 6 nitrogen and oxygen atoms in total. The van der Waals surface area contributed by atoms with E-state index in [1.54, 1.807) is 30.3 Å². The summed E-state index contributed by atoms with van der Waals surface area (Å²) in [6.07, 6.45) is 17.4. The molecule has 2 aromatic rings. The molecule has 43 heavy (non-hydrogen) atoms. The quantitative estimate of drug-likeness (QED) is 0.103. The summed E-state index contributed by atoms with van der Waals surface area (Å²) in [5.41, 5.74) is 0.414. The fourth-order valence-electron chi connectivity index (χ4n) is 5.82. The molecule has 3 atom stereocenters. The lowest BCUT2D eigenvalue weighted by molar-refractivity contribution is -0.140. The van der Waals surface area contributed by atoms with Crippen molar-refractivity contribution in [2.75, 3.05) is 0 Å². The molecule has 1 aliphatic carbocycles. The molecule has 0 aromatic heterocycles. The molecule has 2 N–H and O–H groups in total. The summed E-state index contributed by atoms with van der Waals surface area (Å²) in [4.78, 5) is 38.7. The number of carboxylic acid groups (broad SMARTS) is 2. The van der Waals surface area contributed by atoms with Crippen LogP contribution in [-0.4, -0.2) is 34.2 Å². The highest BCUT2D eigenvalue weighted by Crippen LogP contribution is 2.41. The molecule has 232 valence electrons. The Morgan fingerprint density at radius 1 is 0.837 bits per heavy atom. The second-order valence-corrected chi connectivity index (χ2v) is 11.8. The largest absolute Gasteiger partial charge is 0.480 e. The van der Waals surface area contributed by atoms with Crippen LogP contribution in [0.2, 0.25) is 0 Å². The molecule has 0 bridgehead atoms. The van der Waals surface area contributed by atoms with Crippen molar-refractivity contribution in [3.63, 3.8) is 0 Å². The number of aryl methyl sites for hydroxylation is 1. The second-order valence-electron chi connectivity index (χ2n) is 11.8. The van der Waals surface area contributed by atoms with Gasteiger partial charge in [-0.15, -0.1) is 0 Å². The Morgan fingerprint density at radius 2 is 1.47 bits per heavy atom. The van der Waals surface area contributed by atoms with E-state index in [9.17, 15) is 24.6 Å². The molecule has 0 saturated heterocycles. The van der Waals surface area contributed by atoms with E-state index in [-0.39, 0.29) is 22.8 Å². The molecule has 3 rings (SSSR count). The molecule has 2 aromatic carbocycles. The Hall–Kier alpha value is -3.67. The zero-order valence-corrected chi connectivity index (χ0v) is 26.0. The molecule has 6 heteroatoms. The van der Waals surface area contributed by atoms with Crippen LogP contribution in [0.5, 0.6) is 0 Å². The first-order valence-electron chi connectivity index (χ1n) is 16.0. The first-order valence-corrected chi connectivity index (χ1v) is 16.0. The summed E-state index contributed by atoms with van der Waals surface area (Å²) in [6.45, 7) is 6.19. The van der Waals surface area contributed by atoms with Gasteiger partial charge in [0.25, 0.3) is 0 Å². The lowest BCUT2D eigenvalue weighted by Crippen LogP contribution is -2.37. The van der Waals surface area contributed by atoms with Crippen molar-refractivity contribution in [3.8, 4) is 0 Å². The minimum Gasteiger partial charge on any atom is -0.480 e. The van der Waals surface area contributed by atoms with E-state index in [4.69, 9.17) is 4.74 Å². The molecule has 1 aliphatic rings. The Kier molecular flexibility index (Phi) is 13.2. The van der Waals surface area contributed by atoms with Gasteiger partial charge in [0, 0.05) is 11.5 Å². The fourth-order valence-corrected chi connectivity index (χ4v) is 5.82. The van der Waals surface area contributed by atoms with Crippen LogP contribution in [0, 0.1) is 0 Å². The number of esters is 1. The van der Waals surface area contributed by atoms with Gasteiger partial charge < -0.3 is 14.9 Å². The van der Waals surface area contributed by atoms with Crippen molar-refractivity contribution in [2.45, 2.75) is 115 Å². The van der Waals surface area contributed by atoms with Crippen LogP contribution >= 0.6 is 0 Å². The van der Waals surface area contributed by atoms with Crippen molar-refractivity contribution in [3.05, 3.63) is 94.6 Å². The van der Waals surface area contributed by atoms with Gasteiger partial charge in [-0.1, -0.05) is 120 Å². The SMILES string of the molecule is CCCCCCCCc1ccc(C2C=CC(C(=O)O)(c3ccccc3C(=O)OC(C)CCCCCC)C=C2C(=O)O)cc1. The lowest BCUT2D eigenvalue weighted by atomic mass is 9.70. The minimum absolute atomic E-state index is 0.0407. The smallest absolute Gasteiger partial charge is 0.338 e. The molecule has 0 heterocycles. The number of hydrogen-bond acceptors (Lipinski definition) is 4. The average molecular weight is 589 g/mol. The molecule has 0 fully saturated rings. The number of ether oxygens (including phenoxy) is 1. The van der Waals surface area contributed by atoms with E-state index < -0.39 is 29.2 Å². The Balaban J connectivity index is 1.83.